The summed E-state index contributed by atoms with van der Waals surface area (Å²) < 4.78 is 34.7. The van der Waals surface area contributed by atoms with Gasteiger partial charge in [-0.1, -0.05) is 0 Å². The highest BCUT2D eigenvalue weighted by molar-refractivity contribution is 7.87. The molecule has 1 aromatic carbocycles. The van der Waals surface area contributed by atoms with Gasteiger partial charge >= 0.3 is 16.1 Å². The van der Waals surface area contributed by atoms with E-state index in [1.165, 1.54) is 42.6 Å². The smallest absolute Gasteiger partial charge is 0.339 e. The van der Waals surface area contributed by atoms with Gasteiger partial charge in [-0.2, -0.15) is 8.42 Å². The van der Waals surface area contributed by atoms with E-state index in [0.717, 1.165) is 0 Å². The molecule has 126 valence electrons. The van der Waals surface area contributed by atoms with E-state index in [9.17, 15) is 13.2 Å². The van der Waals surface area contributed by atoms with Crippen LogP contribution in [0.5, 0.6) is 11.5 Å². The fraction of sp³-hybridized carbons (Fsp3) is 0.200. The molecular weight excluding hydrogens is 334 g/mol. The second-order valence-corrected chi connectivity index (χ2v) is 6.52. The number of carbonyl (C=O) groups excluding carboxylic acids is 1. The molecule has 0 unspecified atom stereocenters. The van der Waals surface area contributed by atoms with Gasteiger partial charge in [-0.05, 0) is 24.3 Å². The molecular formula is C15H15N3O5S. The lowest BCUT2D eigenvalue weighted by Gasteiger charge is -2.14. The number of nitrogens with zero attached hydrogens (tertiary/aromatic N) is 2. The predicted octanol–water partition coefficient (Wildman–Crippen LogP) is 1.39. The maximum Gasteiger partial charge on any atom is 0.339 e. The van der Waals surface area contributed by atoms with E-state index in [4.69, 9.17) is 8.92 Å². The minimum absolute atomic E-state index is 0.0197. The van der Waals surface area contributed by atoms with Gasteiger partial charge in [0, 0.05) is 24.8 Å². The lowest BCUT2D eigenvalue weighted by molar-refractivity contribution is 0.252. The number of benzene rings is 1. The molecule has 0 spiro atoms. The number of anilines is 1. The van der Waals surface area contributed by atoms with Crippen molar-refractivity contribution in [3.63, 3.8) is 0 Å². The Hall–Kier alpha value is -2.81. The number of carbonyl (C=O) groups is 1. The summed E-state index contributed by atoms with van der Waals surface area (Å²) in [6, 6.07) is 7.13. The van der Waals surface area contributed by atoms with Crippen molar-refractivity contribution in [2.24, 2.45) is 0 Å². The van der Waals surface area contributed by atoms with Crippen molar-refractivity contribution >= 4 is 21.8 Å². The van der Waals surface area contributed by atoms with Crippen LogP contribution in [0.25, 0.3) is 0 Å². The quantitative estimate of drug-likeness (QED) is 0.819. The van der Waals surface area contributed by atoms with Crippen LogP contribution >= 0.6 is 0 Å². The van der Waals surface area contributed by atoms with Crippen LogP contribution < -0.4 is 19.1 Å². The van der Waals surface area contributed by atoms with Crippen molar-refractivity contribution in [2.75, 3.05) is 25.1 Å². The highest BCUT2D eigenvalue weighted by Crippen LogP contribution is 2.24. The van der Waals surface area contributed by atoms with Crippen molar-refractivity contribution in [2.45, 2.75) is 4.90 Å². The molecule has 0 aliphatic carbocycles. The zero-order valence-corrected chi connectivity index (χ0v) is 13.6. The zero-order valence-electron chi connectivity index (χ0n) is 12.8. The monoisotopic (exact) mass is 349 g/mol. The summed E-state index contributed by atoms with van der Waals surface area (Å²) in [7, 11) is -2.56. The lowest BCUT2D eigenvalue weighted by atomic mass is 10.3. The Morgan fingerprint density at radius 2 is 1.88 bits per heavy atom. The number of urea groups is 1. The van der Waals surface area contributed by atoms with Crippen LogP contribution in [0.3, 0.4) is 0 Å². The molecule has 0 radical (unpaired) electrons. The Morgan fingerprint density at radius 3 is 2.50 bits per heavy atom. The summed E-state index contributed by atoms with van der Waals surface area (Å²) in [5.41, 5.74) is 0.618. The van der Waals surface area contributed by atoms with Crippen LogP contribution in [0.4, 0.5) is 10.5 Å². The minimum Gasteiger partial charge on any atom is -0.495 e. The zero-order chi connectivity index (χ0) is 17.2. The van der Waals surface area contributed by atoms with Gasteiger partial charge in [0.25, 0.3) is 0 Å². The van der Waals surface area contributed by atoms with Crippen LogP contribution in [-0.4, -0.2) is 39.6 Å². The van der Waals surface area contributed by atoms with E-state index in [-0.39, 0.29) is 16.7 Å². The molecule has 1 aliphatic rings. The highest BCUT2D eigenvalue weighted by atomic mass is 32.2. The summed E-state index contributed by atoms with van der Waals surface area (Å²) >= 11 is 0. The normalized spacial score (nSPS) is 14.4. The van der Waals surface area contributed by atoms with E-state index in [0.29, 0.717) is 24.5 Å². The maximum absolute atomic E-state index is 12.3. The second kappa shape index (κ2) is 6.36. The fourth-order valence-electron chi connectivity index (χ4n) is 2.24. The van der Waals surface area contributed by atoms with Gasteiger partial charge in [-0.25, -0.2) is 4.79 Å². The first-order valence-electron chi connectivity index (χ1n) is 7.08. The third kappa shape index (κ3) is 3.25. The topological polar surface area (TPSA) is 97.8 Å². The number of pyridine rings is 1. The molecule has 2 aromatic rings. The van der Waals surface area contributed by atoms with Gasteiger partial charge in [0.05, 0.1) is 19.5 Å². The molecule has 1 saturated heterocycles. The molecule has 0 bridgehead atoms. The van der Waals surface area contributed by atoms with E-state index >= 15 is 0 Å². The number of nitrogens with one attached hydrogen (secondary N) is 1. The van der Waals surface area contributed by atoms with Gasteiger partial charge in [-0.15, -0.1) is 0 Å². The summed E-state index contributed by atoms with van der Waals surface area (Å²) in [5.74, 6) is 0.440. The molecule has 0 atom stereocenters. The van der Waals surface area contributed by atoms with Gasteiger partial charge in [0.15, 0.2) is 5.75 Å². The van der Waals surface area contributed by atoms with Crippen LogP contribution in [0.1, 0.15) is 0 Å². The van der Waals surface area contributed by atoms with Crippen molar-refractivity contribution in [1.82, 2.24) is 10.3 Å². The Balaban J connectivity index is 1.80. The molecule has 2 amide bonds. The number of rotatable bonds is 5. The lowest BCUT2D eigenvalue weighted by Crippen LogP contribution is -2.27. The first kappa shape index (κ1) is 16.1. The van der Waals surface area contributed by atoms with Crippen LogP contribution in [-0.2, 0) is 10.1 Å². The van der Waals surface area contributed by atoms with Gasteiger partial charge in [0.2, 0.25) is 0 Å². The molecule has 2 heterocycles. The third-order valence-corrected chi connectivity index (χ3v) is 4.68. The van der Waals surface area contributed by atoms with Crippen LogP contribution in [0.15, 0.2) is 47.6 Å². The average Bonchev–Trinajstić information content (AvgIpc) is 3.01. The molecule has 1 aromatic heterocycles. The Morgan fingerprint density at radius 1 is 1.17 bits per heavy atom. The molecule has 24 heavy (non-hydrogen) atoms. The van der Waals surface area contributed by atoms with Crippen molar-refractivity contribution in [1.29, 1.82) is 0 Å². The van der Waals surface area contributed by atoms with Gasteiger partial charge in [0.1, 0.15) is 10.6 Å². The number of methoxy groups -OCH3 is 1. The number of hydrogen-bond donors (Lipinski definition) is 1. The summed E-state index contributed by atoms with van der Waals surface area (Å²) in [4.78, 5) is 17.0. The van der Waals surface area contributed by atoms with Crippen molar-refractivity contribution in [3.05, 3.63) is 42.7 Å². The molecule has 0 saturated carbocycles. The third-order valence-electron chi connectivity index (χ3n) is 3.42. The molecule has 1 N–H and O–H groups in total. The first-order valence-corrected chi connectivity index (χ1v) is 8.49. The summed E-state index contributed by atoms with van der Waals surface area (Å²) in [6.45, 7) is 1.10. The highest BCUT2D eigenvalue weighted by Gasteiger charge is 2.22. The molecule has 9 heteroatoms. The van der Waals surface area contributed by atoms with Crippen LogP contribution in [0, 0.1) is 0 Å². The minimum atomic E-state index is -4.01. The Bertz CT molecular complexity index is 852. The van der Waals surface area contributed by atoms with E-state index in [1.54, 1.807) is 12.1 Å². The predicted molar refractivity (Wildman–Crippen MR) is 85.8 cm³/mol. The van der Waals surface area contributed by atoms with Crippen LogP contribution in [0.2, 0.25) is 0 Å². The number of hydrogen-bond acceptors (Lipinski definition) is 6. The van der Waals surface area contributed by atoms with Crippen molar-refractivity contribution in [3.8, 4) is 11.5 Å². The van der Waals surface area contributed by atoms with E-state index in [1.807, 2.05) is 0 Å². The molecule has 3 rings (SSSR count). The SMILES string of the molecule is COc1cncc(OS(=O)(=O)c2ccc(N3CCNC3=O)cc2)c1. The first-order chi connectivity index (χ1) is 11.5. The average molecular weight is 349 g/mol. The number of aromatic nitrogens is 1. The van der Waals surface area contributed by atoms with E-state index < -0.39 is 10.1 Å². The van der Waals surface area contributed by atoms with Crippen molar-refractivity contribution < 1.29 is 22.1 Å². The summed E-state index contributed by atoms with van der Waals surface area (Å²) in [6.07, 6.45) is 2.72. The van der Waals surface area contributed by atoms with Gasteiger partial charge < -0.3 is 14.2 Å². The largest absolute Gasteiger partial charge is 0.495 e. The van der Waals surface area contributed by atoms with Gasteiger partial charge in [-0.3, -0.25) is 9.88 Å². The molecule has 8 nitrogen and oxygen atoms in total. The number of ether oxygens (including phenoxy) is 1. The van der Waals surface area contributed by atoms with E-state index in [2.05, 4.69) is 10.3 Å². The standard InChI is InChI=1S/C15H15N3O5S/c1-22-12-8-13(10-16-9-12)23-24(20,21)14-4-2-11(3-5-14)18-7-6-17-15(18)19/h2-5,8-10H,6-7H2,1H3,(H,17,19). The maximum atomic E-state index is 12.3. The Kier molecular flexibility index (Phi) is 4.26. The molecule has 1 aliphatic heterocycles. The fourth-order valence-corrected chi connectivity index (χ4v) is 3.15. The number of amides is 2. The summed E-state index contributed by atoms with van der Waals surface area (Å²) in [5, 5.41) is 2.68. The second-order valence-electron chi connectivity index (χ2n) is 4.98. The Labute approximate surface area is 139 Å². The molecule has 1 fully saturated rings.